The second-order valence-electron chi connectivity index (χ2n) is 6.67. The third-order valence-electron chi connectivity index (χ3n) is 4.52. The van der Waals surface area contributed by atoms with Crippen molar-refractivity contribution in [1.82, 2.24) is 9.88 Å². The van der Waals surface area contributed by atoms with E-state index in [4.69, 9.17) is 11.6 Å². The number of rotatable bonds is 5. The number of piperazine rings is 1. The van der Waals surface area contributed by atoms with Crippen molar-refractivity contribution in [2.45, 2.75) is 32.6 Å². The van der Waals surface area contributed by atoms with Gasteiger partial charge in [0.25, 0.3) is 0 Å². The molecule has 0 unspecified atom stereocenters. The summed E-state index contributed by atoms with van der Waals surface area (Å²) >= 11 is 7.73. The lowest BCUT2D eigenvalue weighted by Crippen LogP contribution is -2.48. The minimum absolute atomic E-state index is 0.229. The van der Waals surface area contributed by atoms with Crippen molar-refractivity contribution in [3.8, 4) is 0 Å². The molecule has 0 bridgehead atoms. The lowest BCUT2D eigenvalue weighted by molar-refractivity contribution is -0.131. The van der Waals surface area contributed by atoms with Gasteiger partial charge in [0, 0.05) is 55.1 Å². The monoisotopic (exact) mass is 377 g/mol. The second-order valence-corrected chi connectivity index (χ2v) is 8.05. The van der Waals surface area contributed by atoms with Gasteiger partial charge in [0.05, 0.1) is 10.7 Å². The van der Waals surface area contributed by atoms with Crippen LogP contribution in [0.1, 0.15) is 36.9 Å². The number of benzene rings is 1. The number of hydrogen-bond acceptors (Lipinski definition) is 4. The van der Waals surface area contributed by atoms with Crippen LogP contribution in [0.3, 0.4) is 0 Å². The number of hydrogen-bond donors (Lipinski definition) is 0. The highest BCUT2D eigenvalue weighted by Gasteiger charge is 2.21. The van der Waals surface area contributed by atoms with Crippen LogP contribution in [0.5, 0.6) is 0 Å². The number of aryl methyl sites for hydroxylation is 1. The number of carbonyl (C=O) groups excluding carboxylic acids is 1. The minimum Gasteiger partial charge on any atom is -0.368 e. The van der Waals surface area contributed by atoms with Crippen LogP contribution in [0.4, 0.5) is 5.69 Å². The first kappa shape index (κ1) is 18.2. The Morgan fingerprint density at radius 2 is 2.04 bits per heavy atom. The Bertz CT molecular complexity index is 723. The average molecular weight is 378 g/mol. The maximum Gasteiger partial charge on any atom is 0.223 e. The predicted octanol–water partition coefficient (Wildman–Crippen LogP) is 4.20. The number of aromatic nitrogens is 1. The van der Waals surface area contributed by atoms with Crippen LogP contribution in [0.2, 0.25) is 5.02 Å². The lowest BCUT2D eigenvalue weighted by atomic mass is 10.2. The molecule has 1 aliphatic rings. The smallest absolute Gasteiger partial charge is 0.223 e. The standard InChI is InChI=1S/C19H24ClN3OS/c1-14(2)17-13-25-18(21-17)6-7-19(24)23-10-8-22(9-11-23)16-5-3-4-15(20)12-16/h3-5,12-14H,6-11H2,1-2H3. The maximum atomic E-state index is 12.5. The van der Waals surface area contributed by atoms with Crippen molar-refractivity contribution in [1.29, 1.82) is 0 Å². The summed E-state index contributed by atoms with van der Waals surface area (Å²) < 4.78 is 0. The Balaban J connectivity index is 1.48. The van der Waals surface area contributed by atoms with Gasteiger partial charge in [0.15, 0.2) is 0 Å². The van der Waals surface area contributed by atoms with Crippen LogP contribution in [-0.4, -0.2) is 42.0 Å². The fraction of sp³-hybridized carbons (Fsp3) is 0.474. The predicted molar refractivity (Wildman–Crippen MR) is 105 cm³/mol. The molecule has 0 saturated carbocycles. The van der Waals surface area contributed by atoms with Crippen LogP contribution >= 0.6 is 22.9 Å². The number of thiazole rings is 1. The summed E-state index contributed by atoms with van der Waals surface area (Å²) in [7, 11) is 0. The number of anilines is 1. The summed E-state index contributed by atoms with van der Waals surface area (Å²) in [4.78, 5) is 21.3. The third-order valence-corrected chi connectivity index (χ3v) is 5.68. The molecular weight excluding hydrogens is 354 g/mol. The van der Waals surface area contributed by atoms with Gasteiger partial charge in [-0.05, 0) is 24.1 Å². The molecule has 0 spiro atoms. The van der Waals surface area contributed by atoms with Crippen molar-refractivity contribution in [3.05, 3.63) is 45.4 Å². The van der Waals surface area contributed by atoms with E-state index in [2.05, 4.69) is 35.2 Å². The zero-order valence-corrected chi connectivity index (χ0v) is 16.3. The zero-order valence-electron chi connectivity index (χ0n) is 14.7. The Morgan fingerprint density at radius 1 is 1.28 bits per heavy atom. The van der Waals surface area contributed by atoms with E-state index in [1.54, 1.807) is 11.3 Å². The van der Waals surface area contributed by atoms with Gasteiger partial charge in [-0.2, -0.15) is 0 Å². The van der Waals surface area contributed by atoms with E-state index < -0.39 is 0 Å². The van der Waals surface area contributed by atoms with Gasteiger partial charge in [0.2, 0.25) is 5.91 Å². The van der Waals surface area contributed by atoms with E-state index >= 15 is 0 Å². The number of nitrogens with zero attached hydrogens (tertiary/aromatic N) is 3. The van der Waals surface area contributed by atoms with Crippen LogP contribution in [0.15, 0.2) is 29.6 Å². The van der Waals surface area contributed by atoms with Crippen molar-refractivity contribution in [2.75, 3.05) is 31.1 Å². The highest BCUT2D eigenvalue weighted by molar-refractivity contribution is 7.09. The van der Waals surface area contributed by atoms with E-state index in [-0.39, 0.29) is 5.91 Å². The summed E-state index contributed by atoms with van der Waals surface area (Å²) in [6.07, 6.45) is 1.28. The summed E-state index contributed by atoms with van der Waals surface area (Å²) in [5.41, 5.74) is 2.26. The molecule has 1 saturated heterocycles. The quantitative estimate of drug-likeness (QED) is 0.783. The Labute approximate surface area is 158 Å². The molecule has 2 aromatic rings. The first-order chi connectivity index (χ1) is 12.0. The SMILES string of the molecule is CC(C)c1csc(CCC(=O)N2CCN(c3cccc(Cl)c3)CC2)n1. The molecule has 134 valence electrons. The fourth-order valence-corrected chi connectivity index (χ4v) is 4.11. The molecule has 0 N–H and O–H groups in total. The Hall–Kier alpha value is -1.59. The lowest BCUT2D eigenvalue weighted by Gasteiger charge is -2.36. The van der Waals surface area contributed by atoms with Gasteiger partial charge in [-0.15, -0.1) is 11.3 Å². The van der Waals surface area contributed by atoms with E-state index in [0.717, 1.165) is 54.0 Å². The van der Waals surface area contributed by atoms with Crippen molar-refractivity contribution >= 4 is 34.5 Å². The average Bonchev–Trinajstić information content (AvgIpc) is 3.09. The molecule has 6 heteroatoms. The molecule has 0 aliphatic carbocycles. The van der Waals surface area contributed by atoms with Crippen LogP contribution < -0.4 is 4.90 Å². The first-order valence-electron chi connectivity index (χ1n) is 8.75. The molecule has 0 atom stereocenters. The van der Waals surface area contributed by atoms with E-state index in [0.29, 0.717) is 12.3 Å². The van der Waals surface area contributed by atoms with Gasteiger partial charge >= 0.3 is 0 Å². The second kappa shape index (κ2) is 8.19. The third kappa shape index (κ3) is 4.73. The summed E-state index contributed by atoms with van der Waals surface area (Å²) in [5, 5.41) is 3.92. The fourth-order valence-electron chi connectivity index (χ4n) is 2.96. The maximum absolute atomic E-state index is 12.5. The summed E-state index contributed by atoms with van der Waals surface area (Å²) in [5.74, 6) is 0.673. The molecule has 1 aromatic carbocycles. The van der Waals surface area contributed by atoms with E-state index in [1.165, 1.54) is 0 Å². The minimum atomic E-state index is 0.229. The zero-order chi connectivity index (χ0) is 17.8. The van der Waals surface area contributed by atoms with Gasteiger partial charge in [-0.3, -0.25) is 4.79 Å². The summed E-state index contributed by atoms with van der Waals surface area (Å²) in [6, 6.07) is 7.90. The molecule has 1 amide bonds. The van der Waals surface area contributed by atoms with Crippen LogP contribution in [0, 0.1) is 0 Å². The topological polar surface area (TPSA) is 36.4 Å². The number of halogens is 1. The molecule has 1 aliphatic heterocycles. The van der Waals surface area contributed by atoms with Gasteiger partial charge < -0.3 is 9.80 Å². The highest BCUT2D eigenvalue weighted by Crippen LogP contribution is 2.22. The highest BCUT2D eigenvalue weighted by atomic mass is 35.5. The van der Waals surface area contributed by atoms with E-state index in [1.807, 2.05) is 23.1 Å². The largest absolute Gasteiger partial charge is 0.368 e. The molecule has 1 aromatic heterocycles. The molecule has 2 heterocycles. The molecule has 4 nitrogen and oxygen atoms in total. The van der Waals surface area contributed by atoms with Crippen LogP contribution in [-0.2, 0) is 11.2 Å². The molecule has 3 rings (SSSR count). The molecular formula is C19H24ClN3OS. The first-order valence-corrected chi connectivity index (χ1v) is 10.0. The number of amides is 1. The number of carbonyl (C=O) groups is 1. The van der Waals surface area contributed by atoms with E-state index in [9.17, 15) is 4.79 Å². The summed E-state index contributed by atoms with van der Waals surface area (Å²) in [6.45, 7) is 7.51. The van der Waals surface area contributed by atoms with Crippen molar-refractivity contribution in [3.63, 3.8) is 0 Å². The Kier molecular flexibility index (Phi) is 5.97. The Morgan fingerprint density at radius 3 is 2.68 bits per heavy atom. The van der Waals surface area contributed by atoms with Crippen molar-refractivity contribution < 1.29 is 4.79 Å². The van der Waals surface area contributed by atoms with Gasteiger partial charge in [-0.25, -0.2) is 4.98 Å². The van der Waals surface area contributed by atoms with Gasteiger partial charge in [0.1, 0.15) is 0 Å². The van der Waals surface area contributed by atoms with Gasteiger partial charge in [-0.1, -0.05) is 31.5 Å². The normalized spacial score (nSPS) is 15.0. The molecule has 25 heavy (non-hydrogen) atoms. The molecule has 1 fully saturated rings. The van der Waals surface area contributed by atoms with Crippen LogP contribution in [0.25, 0.3) is 0 Å². The molecule has 0 radical (unpaired) electrons. The van der Waals surface area contributed by atoms with Crippen molar-refractivity contribution in [2.24, 2.45) is 0 Å².